The molecule has 22 heavy (non-hydrogen) atoms. The smallest absolute Gasteiger partial charge is 0.128 e. The molecule has 0 heterocycles. The van der Waals surface area contributed by atoms with Gasteiger partial charge in [-0.15, -0.1) is 0 Å². The zero-order chi connectivity index (χ0) is 16.5. The number of hydrogen-bond acceptors (Lipinski definition) is 7. The van der Waals surface area contributed by atoms with E-state index in [0.717, 1.165) is 24.0 Å². The maximum atomic E-state index is 10.1. The average molecular weight is 314 g/mol. The number of aliphatic hydroxyl groups is 4. The summed E-state index contributed by atoms with van der Waals surface area (Å²) in [6.07, 6.45) is -0.382. The Bertz CT molecular complexity index is 456. The fourth-order valence-corrected chi connectivity index (χ4v) is 2.22. The maximum absolute atomic E-state index is 10.1. The Balaban J connectivity index is 3.00. The van der Waals surface area contributed by atoms with E-state index in [1.807, 2.05) is 13.0 Å². The van der Waals surface area contributed by atoms with E-state index in [9.17, 15) is 15.3 Å². The van der Waals surface area contributed by atoms with Gasteiger partial charge in [-0.2, -0.15) is 0 Å². The van der Waals surface area contributed by atoms with Gasteiger partial charge < -0.3 is 25.5 Å². The summed E-state index contributed by atoms with van der Waals surface area (Å²) in [6, 6.07) is 3.42. The van der Waals surface area contributed by atoms with Gasteiger partial charge in [0.15, 0.2) is 0 Å². The topological polar surface area (TPSA) is 125 Å². The second-order valence-corrected chi connectivity index (χ2v) is 5.11. The summed E-state index contributed by atoms with van der Waals surface area (Å²) in [6.45, 7) is 1.67. The van der Waals surface area contributed by atoms with Crippen LogP contribution in [0.3, 0.4) is 0 Å². The molecule has 0 saturated carbocycles. The van der Waals surface area contributed by atoms with Gasteiger partial charge in [0.05, 0.1) is 13.2 Å². The number of benzene rings is 1. The first-order valence-electron chi connectivity index (χ1n) is 7.40. The summed E-state index contributed by atoms with van der Waals surface area (Å²) in [4.78, 5) is 0. The number of hydrogen-bond donors (Lipinski definition) is 7. The van der Waals surface area contributed by atoms with Crippen molar-refractivity contribution < 1.29 is 25.5 Å². The molecule has 7 heteroatoms. The Morgan fingerprint density at radius 1 is 0.955 bits per heavy atom. The van der Waals surface area contributed by atoms with Crippen molar-refractivity contribution in [3.8, 4) is 5.75 Å². The minimum atomic E-state index is -1.07. The van der Waals surface area contributed by atoms with Crippen molar-refractivity contribution in [1.82, 2.24) is 10.6 Å². The molecule has 0 aliphatic rings. The number of aryl methyl sites for hydroxylation is 1. The number of aliphatic hydroxyl groups excluding tert-OH is 4. The largest absolute Gasteiger partial charge is 0.508 e. The van der Waals surface area contributed by atoms with E-state index in [1.165, 1.54) is 0 Å². The van der Waals surface area contributed by atoms with Crippen LogP contribution in [0.15, 0.2) is 12.1 Å². The lowest BCUT2D eigenvalue weighted by Gasteiger charge is -2.20. The lowest BCUT2D eigenvalue weighted by atomic mass is 9.96. The SMILES string of the molecule is CCCc1ccc(O)c(CNC(O)CO)c1CNC(O)CO. The summed E-state index contributed by atoms with van der Waals surface area (Å²) in [5.41, 5.74) is 2.43. The van der Waals surface area contributed by atoms with Gasteiger partial charge in [-0.25, -0.2) is 0 Å². The van der Waals surface area contributed by atoms with E-state index in [2.05, 4.69) is 10.6 Å². The summed E-state index contributed by atoms with van der Waals surface area (Å²) < 4.78 is 0. The predicted octanol–water partition coefficient (Wildman–Crippen LogP) is -0.855. The molecule has 0 saturated heterocycles. The Morgan fingerprint density at radius 3 is 2.00 bits per heavy atom. The van der Waals surface area contributed by atoms with Crippen molar-refractivity contribution in [2.45, 2.75) is 45.3 Å². The molecule has 0 radical (unpaired) electrons. The van der Waals surface area contributed by atoms with Gasteiger partial charge in [0, 0.05) is 18.7 Å². The highest BCUT2D eigenvalue weighted by molar-refractivity contribution is 5.44. The zero-order valence-corrected chi connectivity index (χ0v) is 12.8. The highest BCUT2D eigenvalue weighted by Crippen LogP contribution is 2.26. The van der Waals surface area contributed by atoms with Gasteiger partial charge in [-0.3, -0.25) is 10.6 Å². The van der Waals surface area contributed by atoms with E-state index in [4.69, 9.17) is 10.2 Å². The molecule has 1 rings (SSSR count). The molecule has 2 atom stereocenters. The molecule has 1 aromatic carbocycles. The Kier molecular flexibility index (Phi) is 8.32. The van der Waals surface area contributed by atoms with Crippen molar-refractivity contribution >= 4 is 0 Å². The number of phenolic OH excluding ortho intramolecular Hbond substituents is 1. The quantitative estimate of drug-likeness (QED) is 0.280. The molecule has 0 bridgehead atoms. The lowest BCUT2D eigenvalue weighted by molar-refractivity contribution is 0.0647. The van der Waals surface area contributed by atoms with Gasteiger partial charge in [-0.05, 0) is 23.6 Å². The number of nitrogens with one attached hydrogen (secondary N) is 2. The molecule has 0 aliphatic heterocycles. The molecular weight excluding hydrogens is 288 g/mol. The normalized spacial score (nSPS) is 14.0. The second-order valence-electron chi connectivity index (χ2n) is 5.11. The third kappa shape index (κ3) is 5.53. The van der Waals surface area contributed by atoms with E-state index in [0.29, 0.717) is 5.56 Å². The van der Waals surface area contributed by atoms with E-state index in [1.54, 1.807) is 6.07 Å². The maximum Gasteiger partial charge on any atom is 0.128 e. The Morgan fingerprint density at radius 2 is 1.50 bits per heavy atom. The van der Waals surface area contributed by atoms with Crippen LogP contribution in [0.2, 0.25) is 0 Å². The third-order valence-corrected chi connectivity index (χ3v) is 3.40. The van der Waals surface area contributed by atoms with Gasteiger partial charge >= 0.3 is 0 Å². The molecule has 0 fully saturated rings. The molecule has 7 N–H and O–H groups in total. The van der Waals surface area contributed by atoms with Crippen molar-refractivity contribution in [3.63, 3.8) is 0 Å². The Hall–Kier alpha value is -1.22. The fraction of sp³-hybridized carbons (Fsp3) is 0.600. The van der Waals surface area contributed by atoms with E-state index >= 15 is 0 Å². The first-order chi connectivity index (χ1) is 10.5. The van der Waals surface area contributed by atoms with Gasteiger partial charge in [-0.1, -0.05) is 19.4 Å². The van der Waals surface area contributed by atoms with Crippen LogP contribution in [-0.4, -0.2) is 51.2 Å². The first-order valence-corrected chi connectivity index (χ1v) is 7.40. The van der Waals surface area contributed by atoms with Crippen LogP contribution < -0.4 is 10.6 Å². The molecule has 126 valence electrons. The molecule has 0 spiro atoms. The van der Waals surface area contributed by atoms with E-state index in [-0.39, 0.29) is 18.8 Å². The lowest BCUT2D eigenvalue weighted by Crippen LogP contribution is -2.34. The predicted molar refractivity (Wildman–Crippen MR) is 82.0 cm³/mol. The van der Waals surface area contributed by atoms with E-state index < -0.39 is 25.7 Å². The minimum Gasteiger partial charge on any atom is -0.508 e. The standard InChI is InChI=1S/C15H26N2O5/c1-2-3-10-4-5-13(20)12(7-17-15(22)9-19)11(10)6-16-14(21)8-18/h4-5,14-22H,2-3,6-9H2,1H3. The summed E-state index contributed by atoms with van der Waals surface area (Å²) in [7, 11) is 0. The Labute approximate surface area is 130 Å². The van der Waals surface area contributed by atoms with Crippen LogP contribution in [0.1, 0.15) is 30.0 Å². The van der Waals surface area contributed by atoms with Gasteiger partial charge in [0.25, 0.3) is 0 Å². The number of phenols is 1. The highest BCUT2D eigenvalue weighted by atomic mass is 16.3. The number of rotatable bonds is 10. The van der Waals surface area contributed by atoms with Crippen LogP contribution in [0.5, 0.6) is 5.75 Å². The van der Waals surface area contributed by atoms with Crippen LogP contribution in [0.4, 0.5) is 0 Å². The monoisotopic (exact) mass is 314 g/mol. The van der Waals surface area contributed by atoms with Gasteiger partial charge in [0.1, 0.15) is 18.2 Å². The highest BCUT2D eigenvalue weighted by Gasteiger charge is 2.15. The number of aromatic hydroxyl groups is 1. The van der Waals surface area contributed by atoms with Crippen LogP contribution >= 0.6 is 0 Å². The molecular formula is C15H26N2O5. The zero-order valence-electron chi connectivity index (χ0n) is 12.8. The van der Waals surface area contributed by atoms with Crippen molar-refractivity contribution in [2.24, 2.45) is 0 Å². The molecule has 7 nitrogen and oxygen atoms in total. The molecule has 2 unspecified atom stereocenters. The van der Waals surface area contributed by atoms with Gasteiger partial charge in [0.2, 0.25) is 0 Å². The average Bonchev–Trinajstić information content (AvgIpc) is 2.53. The third-order valence-electron chi connectivity index (χ3n) is 3.40. The molecule has 0 amide bonds. The minimum absolute atomic E-state index is 0.0766. The van der Waals surface area contributed by atoms with Crippen molar-refractivity contribution in [2.75, 3.05) is 13.2 Å². The van der Waals surface area contributed by atoms with Crippen LogP contribution in [0.25, 0.3) is 0 Å². The van der Waals surface area contributed by atoms with Crippen molar-refractivity contribution in [1.29, 1.82) is 0 Å². The first kappa shape index (κ1) is 18.8. The summed E-state index contributed by atoms with van der Waals surface area (Å²) in [5, 5.41) is 52.1. The molecule has 1 aromatic rings. The summed E-state index contributed by atoms with van der Waals surface area (Å²) in [5.74, 6) is 0.0766. The second kappa shape index (κ2) is 9.73. The molecule has 0 aromatic heterocycles. The van der Waals surface area contributed by atoms with Crippen LogP contribution in [0, 0.1) is 0 Å². The van der Waals surface area contributed by atoms with Crippen molar-refractivity contribution in [3.05, 3.63) is 28.8 Å². The van der Waals surface area contributed by atoms with Crippen LogP contribution in [-0.2, 0) is 19.5 Å². The molecule has 0 aliphatic carbocycles. The summed E-state index contributed by atoms with van der Waals surface area (Å²) >= 11 is 0. The fourth-order valence-electron chi connectivity index (χ4n) is 2.22.